The van der Waals surface area contributed by atoms with E-state index in [-0.39, 0.29) is 18.3 Å². The van der Waals surface area contributed by atoms with Gasteiger partial charge < -0.3 is 15.4 Å². The van der Waals surface area contributed by atoms with Gasteiger partial charge in [-0.05, 0) is 32.0 Å². The summed E-state index contributed by atoms with van der Waals surface area (Å²) in [6.45, 7) is 4.06. The molecular formula is C14H23ClN2O2. The first-order valence-corrected chi connectivity index (χ1v) is 6.33. The number of rotatable bonds is 8. The van der Waals surface area contributed by atoms with Gasteiger partial charge in [-0.25, -0.2) is 0 Å². The number of halogens is 1. The molecule has 0 bridgehead atoms. The molecule has 0 aliphatic rings. The number of hydrogen-bond acceptors (Lipinski definition) is 3. The van der Waals surface area contributed by atoms with Gasteiger partial charge in [0.15, 0.2) is 0 Å². The standard InChI is InChI=1S/C14H22N2O2.ClH/c1-12-6-3-4-7-13(12)18-11-5-8-14(17)16-10-9-15-2;/h3-4,6-7,15H,5,8-11H2,1-2H3,(H,16,17);1H. The Balaban J connectivity index is 0.00000324. The highest BCUT2D eigenvalue weighted by Gasteiger charge is 2.01. The highest BCUT2D eigenvalue weighted by Crippen LogP contribution is 2.16. The van der Waals surface area contributed by atoms with Crippen LogP contribution in [0.5, 0.6) is 5.75 Å². The number of nitrogens with one attached hydrogen (secondary N) is 2. The number of amides is 1. The van der Waals surface area contributed by atoms with Gasteiger partial charge in [0.25, 0.3) is 0 Å². The van der Waals surface area contributed by atoms with Gasteiger partial charge in [0.2, 0.25) is 5.91 Å². The number of carbonyl (C=O) groups excluding carboxylic acids is 1. The van der Waals surface area contributed by atoms with Crippen LogP contribution in [0.1, 0.15) is 18.4 Å². The predicted molar refractivity (Wildman–Crippen MR) is 80.1 cm³/mol. The minimum atomic E-state index is 0. The fourth-order valence-electron chi connectivity index (χ4n) is 1.55. The quantitative estimate of drug-likeness (QED) is 0.718. The molecule has 0 fully saturated rings. The Morgan fingerprint density at radius 1 is 1.26 bits per heavy atom. The topological polar surface area (TPSA) is 50.4 Å². The molecule has 5 heteroatoms. The number of para-hydroxylation sites is 1. The summed E-state index contributed by atoms with van der Waals surface area (Å²) in [6.07, 6.45) is 1.25. The van der Waals surface area contributed by atoms with Crippen LogP contribution in [0, 0.1) is 6.92 Å². The van der Waals surface area contributed by atoms with Crippen LogP contribution in [0.15, 0.2) is 24.3 Å². The van der Waals surface area contributed by atoms with E-state index in [0.717, 1.165) is 24.3 Å². The lowest BCUT2D eigenvalue weighted by atomic mass is 10.2. The van der Waals surface area contributed by atoms with Gasteiger partial charge >= 0.3 is 0 Å². The van der Waals surface area contributed by atoms with Crippen LogP contribution in [-0.4, -0.2) is 32.7 Å². The van der Waals surface area contributed by atoms with Crippen molar-refractivity contribution in [2.24, 2.45) is 0 Å². The summed E-state index contributed by atoms with van der Waals surface area (Å²) in [7, 11) is 1.86. The van der Waals surface area contributed by atoms with Crippen LogP contribution in [0.25, 0.3) is 0 Å². The summed E-state index contributed by atoms with van der Waals surface area (Å²) in [5, 5.41) is 5.82. The van der Waals surface area contributed by atoms with E-state index >= 15 is 0 Å². The molecule has 0 saturated heterocycles. The zero-order valence-electron chi connectivity index (χ0n) is 11.6. The molecule has 0 aromatic heterocycles. The van der Waals surface area contributed by atoms with E-state index in [2.05, 4.69) is 10.6 Å². The Hall–Kier alpha value is -1.26. The number of ether oxygens (including phenoxy) is 1. The third-order valence-electron chi connectivity index (χ3n) is 2.60. The smallest absolute Gasteiger partial charge is 0.220 e. The van der Waals surface area contributed by atoms with Crippen molar-refractivity contribution in [3.05, 3.63) is 29.8 Å². The number of benzene rings is 1. The van der Waals surface area contributed by atoms with Crippen LogP contribution < -0.4 is 15.4 Å². The average Bonchev–Trinajstić information content (AvgIpc) is 2.37. The Morgan fingerprint density at radius 2 is 2.00 bits per heavy atom. The molecule has 1 amide bonds. The van der Waals surface area contributed by atoms with Gasteiger partial charge in [-0.3, -0.25) is 4.79 Å². The van der Waals surface area contributed by atoms with Crippen molar-refractivity contribution < 1.29 is 9.53 Å². The second-order valence-electron chi connectivity index (χ2n) is 4.17. The zero-order valence-corrected chi connectivity index (χ0v) is 12.4. The van der Waals surface area contributed by atoms with E-state index in [9.17, 15) is 4.79 Å². The van der Waals surface area contributed by atoms with Crippen molar-refractivity contribution >= 4 is 18.3 Å². The molecule has 0 aliphatic carbocycles. The molecule has 0 atom stereocenters. The van der Waals surface area contributed by atoms with E-state index in [4.69, 9.17) is 4.74 Å². The van der Waals surface area contributed by atoms with Crippen molar-refractivity contribution in [2.45, 2.75) is 19.8 Å². The second kappa shape index (κ2) is 10.6. The number of likely N-dealkylation sites (N-methyl/N-ethyl adjacent to an activating group) is 1. The summed E-state index contributed by atoms with van der Waals surface area (Å²) in [5.41, 5.74) is 1.12. The predicted octanol–water partition coefficient (Wildman–Crippen LogP) is 1.91. The van der Waals surface area contributed by atoms with E-state index in [0.29, 0.717) is 19.6 Å². The van der Waals surface area contributed by atoms with Crippen LogP contribution in [0.3, 0.4) is 0 Å². The molecule has 4 nitrogen and oxygen atoms in total. The largest absolute Gasteiger partial charge is 0.493 e. The summed E-state index contributed by atoms with van der Waals surface area (Å²) in [6, 6.07) is 7.90. The average molecular weight is 287 g/mol. The van der Waals surface area contributed by atoms with Gasteiger partial charge in [-0.2, -0.15) is 0 Å². The fraction of sp³-hybridized carbons (Fsp3) is 0.500. The third kappa shape index (κ3) is 7.70. The normalized spacial score (nSPS) is 9.58. The zero-order chi connectivity index (χ0) is 13.2. The van der Waals surface area contributed by atoms with Gasteiger partial charge in [0.05, 0.1) is 6.61 Å². The summed E-state index contributed by atoms with van der Waals surface area (Å²) >= 11 is 0. The highest BCUT2D eigenvalue weighted by atomic mass is 35.5. The van der Waals surface area contributed by atoms with Crippen LogP contribution in [0.4, 0.5) is 0 Å². The molecule has 0 radical (unpaired) electrons. The summed E-state index contributed by atoms with van der Waals surface area (Å²) < 4.78 is 5.62. The molecule has 0 unspecified atom stereocenters. The Labute approximate surface area is 121 Å². The fourth-order valence-corrected chi connectivity index (χ4v) is 1.55. The van der Waals surface area contributed by atoms with Crippen molar-refractivity contribution in [3.63, 3.8) is 0 Å². The van der Waals surface area contributed by atoms with Gasteiger partial charge in [-0.1, -0.05) is 18.2 Å². The monoisotopic (exact) mass is 286 g/mol. The third-order valence-corrected chi connectivity index (χ3v) is 2.60. The molecule has 1 aromatic carbocycles. The number of aryl methyl sites for hydroxylation is 1. The van der Waals surface area contributed by atoms with Crippen molar-refractivity contribution in [2.75, 3.05) is 26.7 Å². The van der Waals surface area contributed by atoms with Crippen molar-refractivity contribution in [1.29, 1.82) is 0 Å². The lowest BCUT2D eigenvalue weighted by Gasteiger charge is -2.08. The maximum atomic E-state index is 11.4. The lowest BCUT2D eigenvalue weighted by molar-refractivity contribution is -0.121. The van der Waals surface area contributed by atoms with Crippen molar-refractivity contribution in [1.82, 2.24) is 10.6 Å². The van der Waals surface area contributed by atoms with E-state index < -0.39 is 0 Å². The maximum Gasteiger partial charge on any atom is 0.220 e. The van der Waals surface area contributed by atoms with Crippen LogP contribution in [0.2, 0.25) is 0 Å². The van der Waals surface area contributed by atoms with Crippen LogP contribution >= 0.6 is 12.4 Å². The van der Waals surface area contributed by atoms with E-state index in [1.165, 1.54) is 0 Å². The molecule has 1 rings (SSSR count). The first-order chi connectivity index (χ1) is 8.74. The van der Waals surface area contributed by atoms with Gasteiger partial charge in [0, 0.05) is 19.5 Å². The Morgan fingerprint density at radius 3 is 2.68 bits per heavy atom. The number of hydrogen-bond donors (Lipinski definition) is 2. The minimum Gasteiger partial charge on any atom is -0.493 e. The van der Waals surface area contributed by atoms with Crippen LogP contribution in [-0.2, 0) is 4.79 Å². The number of carbonyl (C=O) groups is 1. The SMILES string of the molecule is CNCCNC(=O)CCCOc1ccccc1C.Cl. The molecule has 1 aromatic rings. The lowest BCUT2D eigenvalue weighted by Crippen LogP contribution is -2.30. The first kappa shape index (κ1) is 17.7. The highest BCUT2D eigenvalue weighted by molar-refractivity contribution is 5.85. The molecule has 0 heterocycles. The summed E-state index contributed by atoms with van der Waals surface area (Å²) in [4.78, 5) is 11.4. The Kier molecular flexibility index (Phi) is 9.94. The molecule has 2 N–H and O–H groups in total. The molecule has 0 spiro atoms. The van der Waals surface area contributed by atoms with Crippen molar-refractivity contribution in [3.8, 4) is 5.75 Å². The summed E-state index contributed by atoms with van der Waals surface area (Å²) in [5.74, 6) is 0.978. The molecule has 0 saturated carbocycles. The minimum absolute atomic E-state index is 0. The molecular weight excluding hydrogens is 264 g/mol. The molecule has 19 heavy (non-hydrogen) atoms. The van der Waals surface area contributed by atoms with Gasteiger partial charge in [-0.15, -0.1) is 12.4 Å². The second-order valence-corrected chi connectivity index (χ2v) is 4.17. The molecule has 0 aliphatic heterocycles. The molecule has 108 valence electrons. The van der Waals surface area contributed by atoms with E-state index in [1.54, 1.807) is 0 Å². The maximum absolute atomic E-state index is 11.4. The first-order valence-electron chi connectivity index (χ1n) is 6.33. The van der Waals surface area contributed by atoms with Gasteiger partial charge in [0.1, 0.15) is 5.75 Å². The van der Waals surface area contributed by atoms with E-state index in [1.807, 2.05) is 38.2 Å². The Bertz CT molecular complexity index is 372.